The van der Waals surface area contributed by atoms with Crippen LogP contribution in [0.3, 0.4) is 0 Å². The van der Waals surface area contributed by atoms with Crippen LogP contribution in [0.4, 0.5) is 17.6 Å². The van der Waals surface area contributed by atoms with Crippen molar-refractivity contribution in [3.05, 3.63) is 35.6 Å². The summed E-state index contributed by atoms with van der Waals surface area (Å²) < 4.78 is 50.0. The van der Waals surface area contributed by atoms with Crippen LogP contribution in [-0.2, 0) is 16.0 Å². The van der Waals surface area contributed by atoms with E-state index < -0.39 is 12.1 Å². The quantitative estimate of drug-likeness (QED) is 0.795. The number of hydrogen-bond donors (Lipinski definition) is 0. The SMILES string of the molecule is O=C(CCc1cccc(F)c1)N1CCN(C(=O)C(F)(F)F)CC1. The number of nitrogens with zero attached hydrogens (tertiary/aromatic N) is 2. The molecule has 8 heteroatoms. The summed E-state index contributed by atoms with van der Waals surface area (Å²) in [6.07, 6.45) is -4.38. The van der Waals surface area contributed by atoms with Crippen LogP contribution < -0.4 is 0 Å². The molecule has 4 nitrogen and oxygen atoms in total. The van der Waals surface area contributed by atoms with E-state index in [-0.39, 0.29) is 44.3 Å². The van der Waals surface area contributed by atoms with E-state index in [1.165, 1.54) is 17.0 Å². The normalized spacial score (nSPS) is 15.7. The number of rotatable bonds is 3. The summed E-state index contributed by atoms with van der Waals surface area (Å²) >= 11 is 0. The number of alkyl halides is 3. The average molecular weight is 332 g/mol. The largest absolute Gasteiger partial charge is 0.471 e. The summed E-state index contributed by atoms with van der Waals surface area (Å²) in [5, 5.41) is 0. The third-order valence-electron chi connectivity index (χ3n) is 3.68. The standard InChI is InChI=1S/C15H16F4N2O2/c16-12-3-1-2-11(10-12)4-5-13(22)20-6-8-21(9-7-20)14(23)15(17,18)19/h1-3,10H,4-9H2. The Morgan fingerprint density at radius 3 is 2.22 bits per heavy atom. The molecule has 0 N–H and O–H groups in total. The third-order valence-corrected chi connectivity index (χ3v) is 3.68. The van der Waals surface area contributed by atoms with E-state index in [1.807, 2.05) is 0 Å². The van der Waals surface area contributed by atoms with Gasteiger partial charge in [-0.3, -0.25) is 9.59 Å². The zero-order valence-electron chi connectivity index (χ0n) is 12.3. The van der Waals surface area contributed by atoms with Crippen LogP contribution in [0.2, 0.25) is 0 Å². The van der Waals surface area contributed by atoms with Crippen LogP contribution in [0.25, 0.3) is 0 Å². The number of amides is 2. The highest BCUT2D eigenvalue weighted by Crippen LogP contribution is 2.19. The van der Waals surface area contributed by atoms with Crippen LogP contribution in [0.15, 0.2) is 24.3 Å². The molecule has 0 radical (unpaired) electrons. The van der Waals surface area contributed by atoms with Gasteiger partial charge in [0.15, 0.2) is 0 Å². The molecular formula is C15H16F4N2O2. The van der Waals surface area contributed by atoms with E-state index in [0.29, 0.717) is 16.9 Å². The van der Waals surface area contributed by atoms with Crippen LogP contribution in [-0.4, -0.2) is 54.0 Å². The Bertz CT molecular complexity index is 581. The first-order valence-corrected chi connectivity index (χ1v) is 7.15. The van der Waals surface area contributed by atoms with Gasteiger partial charge in [-0.25, -0.2) is 4.39 Å². The molecule has 1 saturated heterocycles. The van der Waals surface area contributed by atoms with Gasteiger partial charge in [-0.1, -0.05) is 12.1 Å². The summed E-state index contributed by atoms with van der Waals surface area (Å²) in [6.45, 7) is -0.123. The monoisotopic (exact) mass is 332 g/mol. The molecular weight excluding hydrogens is 316 g/mol. The van der Waals surface area contributed by atoms with E-state index in [1.54, 1.807) is 12.1 Å². The molecule has 0 unspecified atom stereocenters. The van der Waals surface area contributed by atoms with E-state index in [0.717, 1.165) is 0 Å². The van der Waals surface area contributed by atoms with Crippen molar-refractivity contribution in [3.8, 4) is 0 Å². The molecule has 2 amide bonds. The molecule has 0 spiro atoms. The van der Waals surface area contributed by atoms with Crippen molar-refractivity contribution in [3.63, 3.8) is 0 Å². The lowest BCUT2D eigenvalue weighted by Gasteiger charge is -2.35. The number of carbonyl (C=O) groups excluding carboxylic acids is 2. The van der Waals surface area contributed by atoms with Gasteiger partial charge in [-0.15, -0.1) is 0 Å². The van der Waals surface area contributed by atoms with E-state index in [9.17, 15) is 27.2 Å². The Kier molecular flexibility index (Phi) is 5.23. The molecule has 0 aliphatic carbocycles. The Balaban J connectivity index is 1.81. The van der Waals surface area contributed by atoms with Crippen molar-refractivity contribution in [1.82, 2.24) is 9.80 Å². The fourth-order valence-corrected chi connectivity index (χ4v) is 2.44. The van der Waals surface area contributed by atoms with Crippen LogP contribution in [0.1, 0.15) is 12.0 Å². The molecule has 0 saturated carbocycles. The maximum Gasteiger partial charge on any atom is 0.471 e. The van der Waals surface area contributed by atoms with E-state index in [2.05, 4.69) is 0 Å². The average Bonchev–Trinajstić information content (AvgIpc) is 2.51. The summed E-state index contributed by atoms with van der Waals surface area (Å²) in [4.78, 5) is 25.3. The minimum absolute atomic E-state index is 0.0732. The highest BCUT2D eigenvalue weighted by molar-refractivity contribution is 5.82. The smallest absolute Gasteiger partial charge is 0.339 e. The Labute approximate surface area is 130 Å². The number of halogens is 4. The van der Waals surface area contributed by atoms with Crippen LogP contribution in [0.5, 0.6) is 0 Å². The predicted octanol–water partition coefficient (Wildman–Crippen LogP) is 1.99. The summed E-state index contributed by atoms with van der Waals surface area (Å²) in [7, 11) is 0. The first-order valence-electron chi connectivity index (χ1n) is 7.15. The summed E-state index contributed by atoms with van der Waals surface area (Å²) in [5.41, 5.74) is 0.684. The fraction of sp³-hybridized carbons (Fsp3) is 0.467. The second-order valence-corrected chi connectivity index (χ2v) is 5.30. The second kappa shape index (κ2) is 6.97. The lowest BCUT2D eigenvalue weighted by atomic mass is 10.1. The number of hydrogen-bond acceptors (Lipinski definition) is 2. The zero-order valence-corrected chi connectivity index (χ0v) is 12.3. The molecule has 1 aliphatic rings. The number of benzene rings is 1. The number of aryl methyl sites for hydroxylation is 1. The van der Waals surface area contributed by atoms with Crippen LogP contribution in [0, 0.1) is 5.82 Å². The van der Waals surface area contributed by atoms with Gasteiger partial charge < -0.3 is 9.80 Å². The van der Waals surface area contributed by atoms with E-state index in [4.69, 9.17) is 0 Å². The Hall–Kier alpha value is -2.12. The number of piperazine rings is 1. The third kappa shape index (κ3) is 4.67. The van der Waals surface area contributed by atoms with Gasteiger partial charge in [0, 0.05) is 32.6 Å². The van der Waals surface area contributed by atoms with Crippen molar-refractivity contribution in [2.75, 3.05) is 26.2 Å². The molecule has 0 aromatic heterocycles. The van der Waals surface area contributed by atoms with E-state index >= 15 is 0 Å². The van der Waals surface area contributed by atoms with Crippen molar-refractivity contribution in [1.29, 1.82) is 0 Å². The maximum absolute atomic E-state index is 13.0. The second-order valence-electron chi connectivity index (χ2n) is 5.30. The molecule has 0 atom stereocenters. The van der Waals surface area contributed by atoms with Gasteiger partial charge in [0.1, 0.15) is 5.82 Å². The summed E-state index contributed by atoms with van der Waals surface area (Å²) in [6, 6.07) is 5.91. The lowest BCUT2D eigenvalue weighted by Crippen LogP contribution is -2.53. The molecule has 1 heterocycles. The Morgan fingerprint density at radius 2 is 1.65 bits per heavy atom. The van der Waals surface area contributed by atoms with Gasteiger partial charge in [-0.05, 0) is 24.1 Å². The predicted molar refractivity (Wildman–Crippen MR) is 73.9 cm³/mol. The van der Waals surface area contributed by atoms with Crippen molar-refractivity contribution < 1.29 is 27.2 Å². The molecule has 23 heavy (non-hydrogen) atoms. The Morgan fingerprint density at radius 1 is 1.04 bits per heavy atom. The van der Waals surface area contributed by atoms with Crippen LogP contribution >= 0.6 is 0 Å². The highest BCUT2D eigenvalue weighted by Gasteiger charge is 2.43. The van der Waals surface area contributed by atoms with Crippen molar-refractivity contribution in [2.24, 2.45) is 0 Å². The van der Waals surface area contributed by atoms with Gasteiger partial charge in [-0.2, -0.15) is 13.2 Å². The van der Waals surface area contributed by atoms with Crippen molar-refractivity contribution in [2.45, 2.75) is 19.0 Å². The molecule has 0 bridgehead atoms. The minimum atomic E-state index is -4.89. The zero-order chi connectivity index (χ0) is 17.0. The molecule has 1 aromatic rings. The van der Waals surface area contributed by atoms with Gasteiger partial charge in [0.25, 0.3) is 0 Å². The molecule has 126 valence electrons. The molecule has 1 aromatic carbocycles. The van der Waals surface area contributed by atoms with Gasteiger partial charge >= 0.3 is 12.1 Å². The van der Waals surface area contributed by atoms with Crippen molar-refractivity contribution >= 4 is 11.8 Å². The maximum atomic E-state index is 13.0. The highest BCUT2D eigenvalue weighted by atomic mass is 19.4. The van der Waals surface area contributed by atoms with Gasteiger partial charge in [0.2, 0.25) is 5.91 Å². The molecule has 1 fully saturated rings. The lowest BCUT2D eigenvalue weighted by molar-refractivity contribution is -0.187. The van der Waals surface area contributed by atoms with Gasteiger partial charge in [0.05, 0.1) is 0 Å². The topological polar surface area (TPSA) is 40.6 Å². The first-order chi connectivity index (χ1) is 10.8. The fourth-order valence-electron chi connectivity index (χ4n) is 2.44. The molecule has 1 aliphatic heterocycles. The number of carbonyl (C=O) groups is 2. The molecule has 2 rings (SSSR count). The summed E-state index contributed by atoms with van der Waals surface area (Å²) in [5.74, 6) is -2.47. The minimum Gasteiger partial charge on any atom is -0.339 e. The first kappa shape index (κ1) is 17.2.